The van der Waals surface area contributed by atoms with Crippen LogP contribution in [0.15, 0.2) is 0 Å². The molecule has 0 bridgehead atoms. The maximum atomic E-state index is 3.21. The summed E-state index contributed by atoms with van der Waals surface area (Å²) < 4.78 is 0. The van der Waals surface area contributed by atoms with Gasteiger partial charge in [0.2, 0.25) is 0 Å². The summed E-state index contributed by atoms with van der Waals surface area (Å²) in [6, 6.07) is 0.881. The Morgan fingerprint density at radius 1 is 1.00 bits per heavy atom. The topological polar surface area (TPSA) is 15.3 Å². The third-order valence-corrected chi connectivity index (χ3v) is 3.89. The average molecular weight is 226 g/mol. The molecule has 1 saturated carbocycles. The van der Waals surface area contributed by atoms with E-state index in [1.807, 2.05) is 7.05 Å². The standard InChI is InChI=1S/C14H30N2/c1-15-12-8-5-9-13-16(2)14-10-6-3-4-7-11-14/h14-15H,3-13H2,1-2H3. The first-order valence-electron chi connectivity index (χ1n) is 7.19. The second-order valence-corrected chi connectivity index (χ2v) is 5.29. The molecule has 96 valence electrons. The first-order valence-corrected chi connectivity index (χ1v) is 7.19. The number of hydrogen-bond donors (Lipinski definition) is 1. The minimum Gasteiger partial charge on any atom is -0.320 e. The molecule has 0 saturated heterocycles. The Labute approximate surface area is 102 Å². The number of hydrogen-bond acceptors (Lipinski definition) is 2. The second kappa shape index (κ2) is 9.00. The van der Waals surface area contributed by atoms with Crippen molar-refractivity contribution < 1.29 is 0 Å². The van der Waals surface area contributed by atoms with E-state index in [1.165, 1.54) is 70.9 Å². The van der Waals surface area contributed by atoms with Crippen LogP contribution in [0, 0.1) is 0 Å². The SMILES string of the molecule is CNCCCCCN(C)C1CCCCCC1. The van der Waals surface area contributed by atoms with Crippen molar-refractivity contribution >= 4 is 0 Å². The molecule has 0 unspecified atom stereocenters. The van der Waals surface area contributed by atoms with Gasteiger partial charge in [-0.25, -0.2) is 0 Å². The lowest BCUT2D eigenvalue weighted by Gasteiger charge is -2.26. The Balaban J connectivity index is 2.05. The summed E-state index contributed by atoms with van der Waals surface area (Å²) in [4.78, 5) is 2.62. The molecule has 16 heavy (non-hydrogen) atoms. The van der Waals surface area contributed by atoms with Crippen LogP contribution in [-0.2, 0) is 0 Å². The van der Waals surface area contributed by atoms with Gasteiger partial charge >= 0.3 is 0 Å². The molecule has 0 spiro atoms. The minimum atomic E-state index is 0.881. The Hall–Kier alpha value is -0.0800. The van der Waals surface area contributed by atoms with Crippen LogP contribution >= 0.6 is 0 Å². The van der Waals surface area contributed by atoms with Crippen LogP contribution in [0.5, 0.6) is 0 Å². The normalized spacial score (nSPS) is 18.9. The molecule has 0 aromatic rings. The van der Waals surface area contributed by atoms with Gasteiger partial charge in [0.15, 0.2) is 0 Å². The molecular weight excluding hydrogens is 196 g/mol. The Morgan fingerprint density at radius 2 is 1.69 bits per heavy atom. The molecule has 0 radical (unpaired) electrons. The van der Waals surface area contributed by atoms with Crippen LogP contribution in [0.1, 0.15) is 57.8 Å². The molecule has 1 rings (SSSR count). The van der Waals surface area contributed by atoms with E-state index in [0.717, 1.165) is 6.04 Å². The summed E-state index contributed by atoms with van der Waals surface area (Å²) >= 11 is 0. The molecule has 1 N–H and O–H groups in total. The quantitative estimate of drug-likeness (QED) is 0.530. The first kappa shape index (κ1) is 14.0. The fourth-order valence-electron chi connectivity index (χ4n) is 2.72. The highest BCUT2D eigenvalue weighted by molar-refractivity contribution is 4.72. The monoisotopic (exact) mass is 226 g/mol. The molecule has 0 aromatic heterocycles. The van der Waals surface area contributed by atoms with E-state index in [1.54, 1.807) is 0 Å². The van der Waals surface area contributed by atoms with Crippen molar-refractivity contribution in [2.24, 2.45) is 0 Å². The molecule has 2 heteroatoms. The predicted molar refractivity (Wildman–Crippen MR) is 71.9 cm³/mol. The van der Waals surface area contributed by atoms with Crippen molar-refractivity contribution in [2.75, 3.05) is 27.2 Å². The average Bonchev–Trinajstić information content (AvgIpc) is 2.57. The van der Waals surface area contributed by atoms with E-state index in [0.29, 0.717) is 0 Å². The summed E-state index contributed by atoms with van der Waals surface area (Å²) in [6.45, 7) is 2.47. The molecule has 0 amide bonds. The molecule has 2 nitrogen and oxygen atoms in total. The van der Waals surface area contributed by atoms with Gasteiger partial charge in [-0.1, -0.05) is 32.1 Å². The molecular formula is C14H30N2. The summed E-state index contributed by atoms with van der Waals surface area (Å²) in [5.74, 6) is 0. The smallest absolute Gasteiger partial charge is 0.00922 e. The van der Waals surface area contributed by atoms with Gasteiger partial charge in [-0.2, -0.15) is 0 Å². The van der Waals surface area contributed by atoms with E-state index in [2.05, 4.69) is 17.3 Å². The zero-order valence-corrected chi connectivity index (χ0v) is 11.3. The van der Waals surface area contributed by atoms with Gasteiger partial charge < -0.3 is 10.2 Å². The zero-order chi connectivity index (χ0) is 11.6. The van der Waals surface area contributed by atoms with Gasteiger partial charge in [0.05, 0.1) is 0 Å². The van der Waals surface area contributed by atoms with Gasteiger partial charge in [-0.3, -0.25) is 0 Å². The lowest BCUT2D eigenvalue weighted by atomic mass is 10.1. The highest BCUT2D eigenvalue weighted by Crippen LogP contribution is 2.21. The summed E-state index contributed by atoms with van der Waals surface area (Å²) in [5, 5.41) is 3.21. The lowest BCUT2D eigenvalue weighted by molar-refractivity contribution is 0.216. The molecule has 0 aromatic carbocycles. The van der Waals surface area contributed by atoms with Gasteiger partial charge in [0.1, 0.15) is 0 Å². The van der Waals surface area contributed by atoms with Gasteiger partial charge in [0, 0.05) is 6.04 Å². The highest BCUT2D eigenvalue weighted by atomic mass is 15.1. The van der Waals surface area contributed by atoms with Crippen LogP contribution in [0.4, 0.5) is 0 Å². The third-order valence-electron chi connectivity index (χ3n) is 3.89. The van der Waals surface area contributed by atoms with Crippen LogP contribution < -0.4 is 5.32 Å². The fraction of sp³-hybridized carbons (Fsp3) is 1.00. The van der Waals surface area contributed by atoms with E-state index in [9.17, 15) is 0 Å². The predicted octanol–water partition coefficient (Wildman–Crippen LogP) is 3.03. The Morgan fingerprint density at radius 3 is 2.31 bits per heavy atom. The number of nitrogens with zero attached hydrogens (tertiary/aromatic N) is 1. The van der Waals surface area contributed by atoms with E-state index in [4.69, 9.17) is 0 Å². The Bertz CT molecular complexity index is 151. The maximum Gasteiger partial charge on any atom is 0.00922 e. The van der Waals surface area contributed by atoms with Crippen molar-refractivity contribution in [3.8, 4) is 0 Å². The molecule has 0 aliphatic heterocycles. The van der Waals surface area contributed by atoms with Crippen molar-refractivity contribution in [2.45, 2.75) is 63.8 Å². The van der Waals surface area contributed by atoms with Crippen LogP contribution in [0.25, 0.3) is 0 Å². The summed E-state index contributed by atoms with van der Waals surface area (Å²) in [5.41, 5.74) is 0. The molecule has 1 aliphatic rings. The summed E-state index contributed by atoms with van der Waals surface area (Å²) in [7, 11) is 4.37. The van der Waals surface area contributed by atoms with Crippen molar-refractivity contribution in [3.63, 3.8) is 0 Å². The van der Waals surface area contributed by atoms with Crippen LogP contribution in [-0.4, -0.2) is 38.1 Å². The van der Waals surface area contributed by atoms with E-state index >= 15 is 0 Å². The second-order valence-electron chi connectivity index (χ2n) is 5.29. The molecule has 0 heterocycles. The van der Waals surface area contributed by atoms with Gasteiger partial charge in [-0.15, -0.1) is 0 Å². The van der Waals surface area contributed by atoms with Gasteiger partial charge in [-0.05, 0) is 52.9 Å². The van der Waals surface area contributed by atoms with Gasteiger partial charge in [0.25, 0.3) is 0 Å². The number of rotatable bonds is 7. The van der Waals surface area contributed by atoms with Crippen molar-refractivity contribution in [1.82, 2.24) is 10.2 Å². The number of nitrogens with one attached hydrogen (secondary N) is 1. The first-order chi connectivity index (χ1) is 7.84. The van der Waals surface area contributed by atoms with Crippen molar-refractivity contribution in [1.29, 1.82) is 0 Å². The van der Waals surface area contributed by atoms with Crippen LogP contribution in [0.2, 0.25) is 0 Å². The Kier molecular flexibility index (Phi) is 7.87. The summed E-state index contributed by atoms with van der Waals surface area (Å²) in [6.07, 6.45) is 12.8. The maximum absolute atomic E-state index is 3.21. The zero-order valence-electron chi connectivity index (χ0n) is 11.3. The van der Waals surface area contributed by atoms with E-state index < -0.39 is 0 Å². The largest absolute Gasteiger partial charge is 0.320 e. The lowest BCUT2D eigenvalue weighted by Crippen LogP contribution is -2.32. The molecule has 1 fully saturated rings. The highest BCUT2D eigenvalue weighted by Gasteiger charge is 2.15. The molecule has 1 aliphatic carbocycles. The third kappa shape index (κ3) is 5.86. The minimum absolute atomic E-state index is 0.881. The van der Waals surface area contributed by atoms with E-state index in [-0.39, 0.29) is 0 Å². The van der Waals surface area contributed by atoms with Crippen molar-refractivity contribution in [3.05, 3.63) is 0 Å². The molecule has 0 atom stereocenters. The fourth-order valence-corrected chi connectivity index (χ4v) is 2.72. The number of unbranched alkanes of at least 4 members (excludes halogenated alkanes) is 2. The van der Waals surface area contributed by atoms with Crippen LogP contribution in [0.3, 0.4) is 0 Å².